The molecule has 2 aromatic carbocycles. The molecule has 2 aromatic rings. The first-order valence-corrected chi connectivity index (χ1v) is 8.35. The maximum Gasteiger partial charge on any atom is 0.311 e. The molecule has 1 aliphatic heterocycles. The van der Waals surface area contributed by atoms with E-state index in [2.05, 4.69) is 0 Å². The van der Waals surface area contributed by atoms with Crippen LogP contribution in [0.5, 0.6) is 0 Å². The van der Waals surface area contributed by atoms with Crippen LogP contribution < -0.4 is 4.90 Å². The Labute approximate surface area is 158 Å². The largest absolute Gasteiger partial charge is 0.457 e. The van der Waals surface area contributed by atoms with Crippen molar-refractivity contribution in [3.05, 3.63) is 70.0 Å². The van der Waals surface area contributed by atoms with E-state index in [0.29, 0.717) is 5.69 Å². The van der Waals surface area contributed by atoms with Crippen molar-refractivity contribution in [3.8, 4) is 0 Å². The van der Waals surface area contributed by atoms with Crippen molar-refractivity contribution >= 4 is 29.0 Å². The minimum Gasteiger partial charge on any atom is -0.457 e. The second-order valence-electron chi connectivity index (χ2n) is 6.22. The minimum atomic E-state index is -0.784. The molecule has 0 aromatic heterocycles. The van der Waals surface area contributed by atoms with E-state index in [1.807, 2.05) is 0 Å². The van der Waals surface area contributed by atoms with Crippen molar-refractivity contribution in [2.75, 3.05) is 18.1 Å². The molecule has 0 unspecified atom stereocenters. The molecule has 1 amide bonds. The summed E-state index contributed by atoms with van der Waals surface area (Å²) in [6, 6.07) is 10.4. The van der Waals surface area contributed by atoms with Crippen molar-refractivity contribution < 1.29 is 28.4 Å². The highest BCUT2D eigenvalue weighted by molar-refractivity contribution is 6.01. The lowest BCUT2D eigenvalue weighted by Crippen LogP contribution is -2.27. The number of nitro benzene ring substituents is 1. The maximum atomic E-state index is 12.9. The van der Waals surface area contributed by atoms with Crippen LogP contribution in [0, 0.1) is 21.8 Å². The number of hydrogen-bond donors (Lipinski definition) is 0. The van der Waals surface area contributed by atoms with Gasteiger partial charge in [0.05, 0.1) is 16.5 Å². The highest BCUT2D eigenvalue weighted by Crippen LogP contribution is 2.28. The number of carbonyl (C=O) groups is 3. The van der Waals surface area contributed by atoms with E-state index in [1.54, 1.807) is 0 Å². The summed E-state index contributed by atoms with van der Waals surface area (Å²) >= 11 is 0. The fourth-order valence-electron chi connectivity index (χ4n) is 2.86. The summed E-state index contributed by atoms with van der Waals surface area (Å²) in [5.41, 5.74) is 0.355. The summed E-state index contributed by atoms with van der Waals surface area (Å²) < 4.78 is 17.9. The third kappa shape index (κ3) is 4.20. The standard InChI is InChI=1S/C19H15FN2O6/c20-14-6-4-12(5-7-14)17(23)11-28-19(25)13-8-18(24)21(10-13)15-2-1-3-16(9-15)22(26)27/h1-7,9,13H,8,10-11H2/t13-/m0/s1. The number of ether oxygens (including phenoxy) is 1. The van der Waals surface area contributed by atoms with Gasteiger partial charge >= 0.3 is 5.97 Å². The first kappa shape index (κ1) is 19.2. The molecule has 3 rings (SSSR count). The Bertz CT molecular complexity index is 944. The van der Waals surface area contributed by atoms with Crippen LogP contribution in [-0.2, 0) is 14.3 Å². The first-order valence-electron chi connectivity index (χ1n) is 8.35. The number of ketones is 1. The van der Waals surface area contributed by atoms with Gasteiger partial charge in [0.15, 0.2) is 12.4 Å². The van der Waals surface area contributed by atoms with Crippen LogP contribution in [0.2, 0.25) is 0 Å². The second-order valence-corrected chi connectivity index (χ2v) is 6.22. The molecule has 0 bridgehead atoms. The van der Waals surface area contributed by atoms with E-state index in [1.165, 1.54) is 41.3 Å². The fraction of sp³-hybridized carbons (Fsp3) is 0.211. The molecule has 0 saturated carbocycles. The second kappa shape index (κ2) is 7.95. The number of carbonyl (C=O) groups excluding carboxylic acids is 3. The van der Waals surface area contributed by atoms with Gasteiger partial charge < -0.3 is 9.64 Å². The number of rotatable bonds is 6. The van der Waals surface area contributed by atoms with Gasteiger partial charge in [-0.05, 0) is 30.3 Å². The number of non-ortho nitro benzene ring substituents is 1. The summed E-state index contributed by atoms with van der Waals surface area (Å²) in [6.07, 6.45) is -0.119. The van der Waals surface area contributed by atoms with Crippen LogP contribution in [0.4, 0.5) is 15.8 Å². The molecule has 9 heteroatoms. The van der Waals surface area contributed by atoms with Gasteiger partial charge in [-0.15, -0.1) is 0 Å². The molecular weight excluding hydrogens is 371 g/mol. The van der Waals surface area contributed by atoms with Gasteiger partial charge in [-0.25, -0.2) is 4.39 Å². The van der Waals surface area contributed by atoms with Gasteiger partial charge in [-0.1, -0.05) is 6.07 Å². The number of hydrogen-bond acceptors (Lipinski definition) is 6. The zero-order valence-corrected chi connectivity index (χ0v) is 14.5. The molecule has 8 nitrogen and oxygen atoms in total. The molecule has 0 radical (unpaired) electrons. The lowest BCUT2D eigenvalue weighted by Gasteiger charge is -2.16. The van der Waals surface area contributed by atoms with Crippen LogP contribution in [0.25, 0.3) is 0 Å². The zero-order chi connectivity index (χ0) is 20.3. The van der Waals surface area contributed by atoms with Crippen molar-refractivity contribution in [2.45, 2.75) is 6.42 Å². The van der Waals surface area contributed by atoms with E-state index in [-0.39, 0.29) is 30.1 Å². The number of benzene rings is 2. The van der Waals surface area contributed by atoms with Crippen LogP contribution in [0.1, 0.15) is 16.8 Å². The van der Waals surface area contributed by atoms with E-state index in [0.717, 1.165) is 12.1 Å². The number of nitrogens with zero attached hydrogens (tertiary/aromatic N) is 2. The highest BCUT2D eigenvalue weighted by Gasteiger charge is 2.36. The Morgan fingerprint density at radius 2 is 1.93 bits per heavy atom. The number of halogens is 1. The number of esters is 1. The molecule has 1 heterocycles. The van der Waals surface area contributed by atoms with Gasteiger partial charge in [0.1, 0.15) is 5.82 Å². The molecule has 144 valence electrons. The predicted molar refractivity (Wildman–Crippen MR) is 95.2 cm³/mol. The van der Waals surface area contributed by atoms with Crippen LogP contribution in [-0.4, -0.2) is 35.7 Å². The molecule has 0 aliphatic carbocycles. The molecule has 1 fully saturated rings. The van der Waals surface area contributed by atoms with Gasteiger partial charge in [0, 0.05) is 30.7 Å². The Hall–Kier alpha value is -3.62. The lowest BCUT2D eigenvalue weighted by atomic mass is 10.1. The van der Waals surface area contributed by atoms with Gasteiger partial charge in [0.25, 0.3) is 5.69 Å². The summed E-state index contributed by atoms with van der Waals surface area (Å²) in [5.74, 6) is -2.84. The Kier molecular flexibility index (Phi) is 5.44. The summed E-state index contributed by atoms with van der Waals surface area (Å²) in [7, 11) is 0. The third-order valence-corrected chi connectivity index (χ3v) is 4.32. The highest BCUT2D eigenvalue weighted by atomic mass is 19.1. The molecule has 0 N–H and O–H groups in total. The zero-order valence-electron chi connectivity index (χ0n) is 14.5. The predicted octanol–water partition coefficient (Wildman–Crippen LogP) is 2.51. The number of nitro groups is 1. The quantitative estimate of drug-likeness (QED) is 0.327. The SMILES string of the molecule is O=C(COC(=O)[C@H]1CC(=O)N(c2cccc([N+](=O)[O-])c2)C1)c1ccc(F)cc1. The Balaban J connectivity index is 1.60. The Morgan fingerprint density at radius 3 is 2.61 bits per heavy atom. The monoisotopic (exact) mass is 386 g/mol. The first-order chi connectivity index (χ1) is 13.3. The smallest absolute Gasteiger partial charge is 0.311 e. The lowest BCUT2D eigenvalue weighted by molar-refractivity contribution is -0.384. The summed E-state index contributed by atoms with van der Waals surface area (Å²) in [6.45, 7) is -0.518. The molecule has 28 heavy (non-hydrogen) atoms. The molecule has 1 saturated heterocycles. The van der Waals surface area contributed by atoms with Crippen molar-refractivity contribution in [1.29, 1.82) is 0 Å². The van der Waals surface area contributed by atoms with Gasteiger partial charge in [0.2, 0.25) is 5.91 Å². The average molecular weight is 386 g/mol. The summed E-state index contributed by atoms with van der Waals surface area (Å²) in [5, 5.41) is 10.9. The number of anilines is 1. The number of amides is 1. The van der Waals surface area contributed by atoms with E-state index in [4.69, 9.17) is 4.74 Å². The average Bonchev–Trinajstić information content (AvgIpc) is 3.08. The molecular formula is C19H15FN2O6. The van der Waals surface area contributed by atoms with E-state index < -0.39 is 35.0 Å². The van der Waals surface area contributed by atoms with Crippen LogP contribution in [0.15, 0.2) is 48.5 Å². The summed E-state index contributed by atoms with van der Waals surface area (Å²) in [4.78, 5) is 48.0. The van der Waals surface area contributed by atoms with Gasteiger partial charge in [-0.2, -0.15) is 0 Å². The molecule has 0 spiro atoms. The fourth-order valence-corrected chi connectivity index (χ4v) is 2.86. The third-order valence-electron chi connectivity index (χ3n) is 4.32. The maximum absolute atomic E-state index is 12.9. The van der Waals surface area contributed by atoms with Crippen molar-refractivity contribution in [2.24, 2.45) is 5.92 Å². The Morgan fingerprint density at radius 1 is 1.21 bits per heavy atom. The van der Waals surface area contributed by atoms with Crippen LogP contribution in [0.3, 0.4) is 0 Å². The van der Waals surface area contributed by atoms with E-state index >= 15 is 0 Å². The minimum absolute atomic E-state index is 0.00354. The van der Waals surface area contributed by atoms with Crippen LogP contribution >= 0.6 is 0 Å². The molecule has 1 atom stereocenters. The topological polar surface area (TPSA) is 107 Å². The number of Topliss-reactive ketones (excluding diaryl/α,β-unsaturated/α-hetero) is 1. The van der Waals surface area contributed by atoms with E-state index in [9.17, 15) is 28.9 Å². The van der Waals surface area contributed by atoms with Crippen molar-refractivity contribution in [3.63, 3.8) is 0 Å². The normalized spacial score (nSPS) is 16.1. The molecule has 1 aliphatic rings. The van der Waals surface area contributed by atoms with Crippen molar-refractivity contribution in [1.82, 2.24) is 0 Å². The van der Waals surface area contributed by atoms with Gasteiger partial charge in [-0.3, -0.25) is 24.5 Å².